The summed E-state index contributed by atoms with van der Waals surface area (Å²) in [4.78, 5) is 34.9. The van der Waals surface area contributed by atoms with E-state index in [9.17, 15) is 19.5 Å². The average molecular weight is 319 g/mol. The highest BCUT2D eigenvalue weighted by Gasteiger charge is 2.24. The molecule has 0 radical (unpaired) electrons. The fourth-order valence-corrected chi connectivity index (χ4v) is 2.49. The molecule has 1 heterocycles. The normalized spacial score (nSPS) is 18.2. The monoisotopic (exact) mass is 319 g/mol. The lowest BCUT2D eigenvalue weighted by Gasteiger charge is -2.16. The van der Waals surface area contributed by atoms with E-state index in [1.807, 2.05) is 18.2 Å². The zero-order chi connectivity index (χ0) is 16.7. The number of amides is 2. The van der Waals surface area contributed by atoms with E-state index in [0.717, 1.165) is 24.9 Å². The largest absolute Gasteiger partial charge is 0.480 e. The van der Waals surface area contributed by atoms with Gasteiger partial charge in [-0.15, -0.1) is 0 Å². The maximum absolute atomic E-state index is 11.9. The first-order valence-electron chi connectivity index (χ1n) is 7.63. The van der Waals surface area contributed by atoms with Crippen molar-refractivity contribution in [2.45, 2.75) is 31.3 Å². The number of carbonyl (C=O) groups is 3. The summed E-state index contributed by atoms with van der Waals surface area (Å²) in [6.07, 6.45) is 1.88. The van der Waals surface area contributed by atoms with Gasteiger partial charge in [-0.1, -0.05) is 30.3 Å². The van der Waals surface area contributed by atoms with Gasteiger partial charge in [0.15, 0.2) is 0 Å². The molecule has 1 saturated heterocycles. The molecule has 2 unspecified atom stereocenters. The molecule has 2 amide bonds. The fourth-order valence-electron chi connectivity index (χ4n) is 2.49. The summed E-state index contributed by atoms with van der Waals surface area (Å²) in [5.41, 5.74) is 0.819. The van der Waals surface area contributed by atoms with Crippen molar-refractivity contribution in [1.29, 1.82) is 0 Å². The van der Waals surface area contributed by atoms with E-state index in [4.69, 9.17) is 0 Å². The number of hydrogen-bond acceptors (Lipinski definition) is 4. The highest BCUT2D eigenvalue weighted by molar-refractivity contribution is 5.89. The first-order valence-corrected chi connectivity index (χ1v) is 7.63. The summed E-state index contributed by atoms with van der Waals surface area (Å²) in [6.45, 7) is 0.567. The van der Waals surface area contributed by atoms with Crippen LogP contribution in [0.15, 0.2) is 30.3 Å². The number of carboxylic acids is 1. The summed E-state index contributed by atoms with van der Waals surface area (Å²) in [5, 5.41) is 17.2. The number of benzene rings is 1. The van der Waals surface area contributed by atoms with E-state index in [1.165, 1.54) is 0 Å². The smallest absolute Gasteiger partial charge is 0.326 e. The lowest BCUT2D eigenvalue weighted by Crippen LogP contribution is -2.49. The van der Waals surface area contributed by atoms with Gasteiger partial charge in [-0.2, -0.15) is 0 Å². The van der Waals surface area contributed by atoms with Crippen molar-refractivity contribution in [2.75, 3.05) is 13.1 Å². The number of carboxylic acid groups (broad SMARTS) is 1. The van der Waals surface area contributed by atoms with Crippen molar-refractivity contribution in [3.63, 3.8) is 0 Å². The fraction of sp³-hybridized carbons (Fsp3) is 0.438. The standard InChI is InChI=1S/C16H21N3O4/c20-14(10-18-15(21)12-7-4-8-17-12)19-13(16(22)23)9-11-5-2-1-3-6-11/h1-3,5-6,12-13,17H,4,7-10H2,(H,18,21)(H,19,20)(H,22,23). The molecular formula is C16H21N3O4. The number of nitrogens with one attached hydrogen (secondary N) is 3. The maximum atomic E-state index is 11.9. The van der Waals surface area contributed by atoms with Crippen molar-refractivity contribution in [3.8, 4) is 0 Å². The molecule has 0 aromatic heterocycles. The lowest BCUT2D eigenvalue weighted by atomic mass is 10.1. The Labute approximate surface area is 134 Å². The van der Waals surface area contributed by atoms with Crippen molar-refractivity contribution in [3.05, 3.63) is 35.9 Å². The first kappa shape index (κ1) is 17.0. The minimum atomic E-state index is -1.11. The molecule has 0 spiro atoms. The Hall–Kier alpha value is -2.41. The van der Waals surface area contributed by atoms with Crippen molar-refractivity contribution >= 4 is 17.8 Å². The van der Waals surface area contributed by atoms with Crippen LogP contribution in [0.2, 0.25) is 0 Å². The number of hydrogen-bond donors (Lipinski definition) is 4. The molecule has 7 heteroatoms. The zero-order valence-corrected chi connectivity index (χ0v) is 12.7. The molecule has 1 aromatic carbocycles. The second kappa shape index (κ2) is 8.28. The quantitative estimate of drug-likeness (QED) is 0.550. The topological polar surface area (TPSA) is 108 Å². The highest BCUT2D eigenvalue weighted by Crippen LogP contribution is 2.05. The number of carbonyl (C=O) groups excluding carboxylic acids is 2. The summed E-state index contributed by atoms with van der Waals surface area (Å²) in [7, 11) is 0. The maximum Gasteiger partial charge on any atom is 0.326 e. The molecule has 1 fully saturated rings. The van der Waals surface area contributed by atoms with Gasteiger partial charge in [0.25, 0.3) is 0 Å². The molecule has 2 rings (SSSR count). The first-order chi connectivity index (χ1) is 11.1. The SMILES string of the molecule is O=C(CNC(=O)C1CCCN1)NC(Cc1ccccc1)C(=O)O. The van der Waals surface area contributed by atoms with Crippen LogP contribution >= 0.6 is 0 Å². The molecule has 7 nitrogen and oxygen atoms in total. The molecule has 124 valence electrons. The van der Waals surface area contributed by atoms with Crippen LogP contribution in [0, 0.1) is 0 Å². The van der Waals surface area contributed by atoms with Crippen LogP contribution in [-0.4, -0.2) is 48.1 Å². The van der Waals surface area contributed by atoms with Gasteiger partial charge in [0, 0.05) is 6.42 Å². The third kappa shape index (κ3) is 5.37. The summed E-state index contributed by atoms with van der Waals surface area (Å²) < 4.78 is 0. The Morgan fingerprint density at radius 3 is 2.61 bits per heavy atom. The van der Waals surface area contributed by atoms with E-state index < -0.39 is 17.9 Å². The third-order valence-electron chi connectivity index (χ3n) is 3.72. The Bertz CT molecular complexity index is 556. The average Bonchev–Trinajstić information content (AvgIpc) is 3.07. The molecule has 0 bridgehead atoms. The van der Waals surface area contributed by atoms with Gasteiger partial charge in [0.05, 0.1) is 12.6 Å². The van der Waals surface area contributed by atoms with Crippen LogP contribution in [0.3, 0.4) is 0 Å². The Morgan fingerprint density at radius 1 is 1.26 bits per heavy atom. The number of rotatable bonds is 7. The Kier molecular flexibility index (Phi) is 6.10. The van der Waals surface area contributed by atoms with Gasteiger partial charge in [0.1, 0.15) is 6.04 Å². The summed E-state index contributed by atoms with van der Waals surface area (Å²) >= 11 is 0. The Balaban J connectivity index is 1.81. The predicted octanol–water partition coefficient (Wildman–Crippen LogP) is -0.333. The second-order valence-electron chi connectivity index (χ2n) is 5.51. The zero-order valence-electron chi connectivity index (χ0n) is 12.7. The van der Waals surface area contributed by atoms with E-state index in [-0.39, 0.29) is 24.9 Å². The molecule has 1 aliphatic rings. The van der Waals surface area contributed by atoms with E-state index in [2.05, 4.69) is 16.0 Å². The molecular weight excluding hydrogens is 298 g/mol. The molecule has 0 aliphatic carbocycles. The van der Waals surface area contributed by atoms with Crippen LogP contribution in [0.4, 0.5) is 0 Å². The highest BCUT2D eigenvalue weighted by atomic mass is 16.4. The van der Waals surface area contributed by atoms with Gasteiger partial charge in [-0.05, 0) is 24.9 Å². The van der Waals surface area contributed by atoms with Crippen LogP contribution in [0.25, 0.3) is 0 Å². The molecule has 1 aromatic rings. The summed E-state index contributed by atoms with van der Waals surface area (Å²) in [6, 6.07) is 7.78. The minimum absolute atomic E-state index is 0.194. The van der Waals surface area contributed by atoms with Crippen LogP contribution in [0.5, 0.6) is 0 Å². The van der Waals surface area contributed by atoms with E-state index in [0.29, 0.717) is 0 Å². The second-order valence-corrected chi connectivity index (χ2v) is 5.51. The Morgan fingerprint density at radius 2 is 2.00 bits per heavy atom. The minimum Gasteiger partial charge on any atom is -0.480 e. The van der Waals surface area contributed by atoms with Gasteiger partial charge < -0.3 is 21.1 Å². The number of aliphatic carboxylic acids is 1. The molecule has 23 heavy (non-hydrogen) atoms. The summed E-state index contributed by atoms with van der Waals surface area (Å²) in [5.74, 6) is -1.85. The van der Waals surface area contributed by atoms with Gasteiger partial charge in [-0.25, -0.2) is 4.79 Å². The molecule has 2 atom stereocenters. The molecule has 4 N–H and O–H groups in total. The van der Waals surface area contributed by atoms with Crippen molar-refractivity contribution < 1.29 is 19.5 Å². The van der Waals surface area contributed by atoms with E-state index >= 15 is 0 Å². The van der Waals surface area contributed by atoms with Crippen LogP contribution in [-0.2, 0) is 20.8 Å². The van der Waals surface area contributed by atoms with Crippen LogP contribution < -0.4 is 16.0 Å². The molecule has 1 aliphatic heterocycles. The van der Waals surface area contributed by atoms with E-state index in [1.54, 1.807) is 12.1 Å². The van der Waals surface area contributed by atoms with Gasteiger partial charge >= 0.3 is 5.97 Å². The lowest BCUT2D eigenvalue weighted by molar-refractivity contribution is -0.141. The predicted molar refractivity (Wildman–Crippen MR) is 83.7 cm³/mol. The van der Waals surface area contributed by atoms with Crippen molar-refractivity contribution in [1.82, 2.24) is 16.0 Å². The van der Waals surface area contributed by atoms with Gasteiger partial charge in [0.2, 0.25) is 11.8 Å². The van der Waals surface area contributed by atoms with Crippen molar-refractivity contribution in [2.24, 2.45) is 0 Å². The van der Waals surface area contributed by atoms with Gasteiger partial charge in [-0.3, -0.25) is 9.59 Å². The third-order valence-corrected chi connectivity index (χ3v) is 3.72. The van der Waals surface area contributed by atoms with Crippen LogP contribution in [0.1, 0.15) is 18.4 Å². The molecule has 0 saturated carbocycles.